The van der Waals surface area contributed by atoms with Crippen LogP contribution >= 0.6 is 0 Å². The number of hydrogen-bond donors (Lipinski definition) is 1. The predicted octanol–water partition coefficient (Wildman–Crippen LogP) is 6.14. The van der Waals surface area contributed by atoms with Crippen molar-refractivity contribution in [2.75, 3.05) is 37.4 Å². The molecule has 0 aliphatic rings. The van der Waals surface area contributed by atoms with Gasteiger partial charge in [0.25, 0.3) is 0 Å². The van der Waals surface area contributed by atoms with Gasteiger partial charge >= 0.3 is 5.97 Å². The van der Waals surface area contributed by atoms with Crippen molar-refractivity contribution in [1.29, 1.82) is 0 Å². The number of carbonyl (C=O) groups excluding carboxylic acids is 1. The lowest BCUT2D eigenvalue weighted by molar-refractivity contribution is 0.0600. The molecule has 0 spiro atoms. The van der Waals surface area contributed by atoms with Gasteiger partial charge in [-0.2, -0.15) is 4.98 Å². The lowest BCUT2D eigenvalue weighted by Gasteiger charge is -2.24. The van der Waals surface area contributed by atoms with Gasteiger partial charge in [0.2, 0.25) is 5.88 Å². The number of nitrogen functional groups attached to an aromatic ring is 1. The SMILES string of the molecule is CC.CC.CCCN(CCC)c1cc(N)nc(OCCCc2ccc(C(=O)OC)cc2)c1. The first-order chi connectivity index (χ1) is 15.6. The Morgan fingerprint density at radius 1 is 1.00 bits per heavy atom. The Morgan fingerprint density at radius 2 is 1.59 bits per heavy atom. The summed E-state index contributed by atoms with van der Waals surface area (Å²) in [5, 5.41) is 0. The van der Waals surface area contributed by atoms with E-state index in [0.29, 0.717) is 23.9 Å². The molecule has 0 aliphatic heterocycles. The fourth-order valence-corrected chi connectivity index (χ4v) is 3.06. The maximum Gasteiger partial charge on any atom is 0.337 e. The van der Waals surface area contributed by atoms with Gasteiger partial charge in [0.05, 0.1) is 19.3 Å². The van der Waals surface area contributed by atoms with Crippen molar-refractivity contribution in [3.63, 3.8) is 0 Å². The third-order valence-electron chi connectivity index (χ3n) is 4.39. The van der Waals surface area contributed by atoms with Gasteiger partial charge in [-0.3, -0.25) is 0 Å². The van der Waals surface area contributed by atoms with Crippen molar-refractivity contribution in [3.8, 4) is 5.88 Å². The van der Waals surface area contributed by atoms with Crippen molar-refractivity contribution in [2.45, 2.75) is 67.2 Å². The molecule has 0 bridgehead atoms. The second-order valence-corrected chi connectivity index (χ2v) is 6.72. The quantitative estimate of drug-likeness (QED) is 0.331. The summed E-state index contributed by atoms with van der Waals surface area (Å²) in [6.07, 6.45) is 3.85. The summed E-state index contributed by atoms with van der Waals surface area (Å²) in [6, 6.07) is 11.3. The number of nitrogens with zero attached hydrogens (tertiary/aromatic N) is 2. The molecule has 0 radical (unpaired) electrons. The van der Waals surface area contributed by atoms with Gasteiger partial charge in [-0.1, -0.05) is 53.7 Å². The zero-order valence-corrected chi connectivity index (χ0v) is 21.1. The smallest absolute Gasteiger partial charge is 0.337 e. The van der Waals surface area contributed by atoms with E-state index >= 15 is 0 Å². The van der Waals surface area contributed by atoms with Gasteiger partial charge < -0.3 is 20.1 Å². The fourth-order valence-electron chi connectivity index (χ4n) is 3.06. The van der Waals surface area contributed by atoms with E-state index in [4.69, 9.17) is 15.2 Å². The number of methoxy groups -OCH3 is 1. The van der Waals surface area contributed by atoms with E-state index in [1.165, 1.54) is 7.11 Å². The zero-order chi connectivity index (χ0) is 24.4. The van der Waals surface area contributed by atoms with Crippen LogP contribution in [0, 0.1) is 0 Å². The van der Waals surface area contributed by atoms with E-state index < -0.39 is 0 Å². The van der Waals surface area contributed by atoms with Crippen LogP contribution in [0.2, 0.25) is 0 Å². The Hall–Kier alpha value is -2.76. The summed E-state index contributed by atoms with van der Waals surface area (Å²) in [5.74, 6) is 0.718. The topological polar surface area (TPSA) is 77.7 Å². The van der Waals surface area contributed by atoms with Crippen LogP contribution in [-0.4, -0.2) is 37.8 Å². The molecule has 0 atom stereocenters. The van der Waals surface area contributed by atoms with Gasteiger partial charge in [0.15, 0.2) is 0 Å². The molecule has 1 aromatic heterocycles. The van der Waals surface area contributed by atoms with Crippen LogP contribution in [-0.2, 0) is 11.2 Å². The van der Waals surface area contributed by atoms with Crippen LogP contribution in [0.3, 0.4) is 0 Å². The van der Waals surface area contributed by atoms with Gasteiger partial charge in [-0.15, -0.1) is 0 Å². The first-order valence-corrected chi connectivity index (χ1v) is 11.9. The molecule has 2 aromatic rings. The molecule has 180 valence electrons. The minimum Gasteiger partial charge on any atom is -0.478 e. The Labute approximate surface area is 195 Å². The lowest BCUT2D eigenvalue weighted by Crippen LogP contribution is -2.25. The average Bonchev–Trinajstić information content (AvgIpc) is 2.84. The van der Waals surface area contributed by atoms with Gasteiger partial charge in [0.1, 0.15) is 5.82 Å². The molecule has 0 unspecified atom stereocenters. The number of aromatic nitrogens is 1. The van der Waals surface area contributed by atoms with E-state index in [0.717, 1.165) is 50.0 Å². The number of esters is 1. The Bertz CT molecular complexity index is 742. The summed E-state index contributed by atoms with van der Waals surface area (Å²) >= 11 is 0. The van der Waals surface area contributed by atoms with Crippen molar-refractivity contribution in [2.24, 2.45) is 0 Å². The summed E-state index contributed by atoms with van der Waals surface area (Å²) in [5.41, 5.74) is 8.74. The molecule has 1 heterocycles. The fraction of sp³-hybridized carbons (Fsp3) is 0.538. The lowest BCUT2D eigenvalue weighted by atomic mass is 10.1. The second-order valence-electron chi connectivity index (χ2n) is 6.72. The van der Waals surface area contributed by atoms with Crippen LogP contribution in [0.5, 0.6) is 5.88 Å². The maximum atomic E-state index is 11.5. The summed E-state index contributed by atoms with van der Waals surface area (Å²) in [7, 11) is 1.38. The van der Waals surface area contributed by atoms with Crippen molar-refractivity contribution in [1.82, 2.24) is 4.98 Å². The van der Waals surface area contributed by atoms with Gasteiger partial charge in [0, 0.05) is 30.9 Å². The first-order valence-electron chi connectivity index (χ1n) is 11.9. The zero-order valence-electron chi connectivity index (χ0n) is 21.1. The number of ether oxygens (including phenoxy) is 2. The number of benzene rings is 1. The van der Waals surface area contributed by atoms with Crippen LogP contribution in [0.4, 0.5) is 11.5 Å². The van der Waals surface area contributed by atoms with Gasteiger partial charge in [-0.05, 0) is 43.4 Å². The van der Waals surface area contributed by atoms with Crippen molar-refractivity contribution < 1.29 is 14.3 Å². The molecule has 0 aliphatic carbocycles. The summed E-state index contributed by atoms with van der Waals surface area (Å²) in [4.78, 5) is 18.1. The number of nitrogens with two attached hydrogens (primary N) is 1. The maximum absolute atomic E-state index is 11.5. The molecule has 1 aromatic carbocycles. The molecule has 6 nitrogen and oxygen atoms in total. The monoisotopic (exact) mass is 445 g/mol. The normalized spacial score (nSPS) is 9.59. The Kier molecular flexibility index (Phi) is 16.3. The standard InChI is InChI=1S/C22H31N3O3.2C2H6/c1-4-12-25(13-5-2)19-15-20(23)24-21(16-19)28-14-6-7-17-8-10-18(11-9-17)22(26)27-3;2*1-2/h8-11,15-16H,4-7,12-14H2,1-3H3,(H2,23,24);2*1-2H3. The van der Waals surface area contributed by atoms with Crippen molar-refractivity contribution >= 4 is 17.5 Å². The second kappa shape index (κ2) is 17.9. The van der Waals surface area contributed by atoms with E-state index in [9.17, 15) is 4.79 Å². The van der Waals surface area contributed by atoms with Crippen LogP contribution in [0.1, 0.15) is 76.7 Å². The highest BCUT2D eigenvalue weighted by Gasteiger charge is 2.09. The minimum atomic E-state index is -0.321. The van der Waals surface area contributed by atoms with Crippen molar-refractivity contribution in [3.05, 3.63) is 47.5 Å². The molecular formula is C26H43N3O3. The summed E-state index contributed by atoms with van der Waals surface area (Å²) < 4.78 is 10.6. The minimum absolute atomic E-state index is 0.321. The Morgan fingerprint density at radius 3 is 2.12 bits per heavy atom. The highest BCUT2D eigenvalue weighted by molar-refractivity contribution is 5.89. The van der Waals surface area contributed by atoms with Gasteiger partial charge in [-0.25, -0.2) is 4.79 Å². The molecule has 2 N–H and O–H groups in total. The number of carbonyl (C=O) groups is 1. The van der Waals surface area contributed by atoms with E-state index in [2.05, 4.69) is 23.7 Å². The molecule has 2 rings (SSSR count). The highest BCUT2D eigenvalue weighted by atomic mass is 16.5. The highest BCUT2D eigenvalue weighted by Crippen LogP contribution is 2.23. The van der Waals surface area contributed by atoms with E-state index in [-0.39, 0.29) is 5.97 Å². The van der Waals surface area contributed by atoms with E-state index in [1.807, 2.05) is 52.0 Å². The first kappa shape index (κ1) is 29.2. The molecule has 0 saturated heterocycles. The van der Waals surface area contributed by atoms with Crippen LogP contribution in [0.25, 0.3) is 0 Å². The number of anilines is 2. The third-order valence-corrected chi connectivity index (χ3v) is 4.39. The van der Waals surface area contributed by atoms with E-state index in [1.54, 1.807) is 12.1 Å². The number of aryl methyl sites for hydroxylation is 1. The molecular weight excluding hydrogens is 402 g/mol. The number of pyridine rings is 1. The number of hydrogen-bond acceptors (Lipinski definition) is 6. The average molecular weight is 446 g/mol. The molecule has 0 amide bonds. The molecule has 6 heteroatoms. The summed E-state index contributed by atoms with van der Waals surface area (Å²) in [6.45, 7) is 14.9. The molecule has 0 fully saturated rings. The molecule has 32 heavy (non-hydrogen) atoms. The van der Waals surface area contributed by atoms with Crippen LogP contribution < -0.4 is 15.4 Å². The largest absolute Gasteiger partial charge is 0.478 e. The Balaban J connectivity index is 0.00000227. The third kappa shape index (κ3) is 10.5. The number of rotatable bonds is 11. The molecule has 0 saturated carbocycles. The van der Waals surface area contributed by atoms with Crippen LogP contribution in [0.15, 0.2) is 36.4 Å². The predicted molar refractivity (Wildman–Crippen MR) is 136 cm³/mol.